The number of carbonyl (C=O) groups excluding carboxylic acids is 1. The third-order valence-corrected chi connectivity index (χ3v) is 2.44. The molecule has 0 heterocycles. The Morgan fingerprint density at radius 1 is 1.28 bits per heavy atom. The summed E-state index contributed by atoms with van der Waals surface area (Å²) in [5, 5.41) is 20.8. The lowest BCUT2D eigenvalue weighted by Crippen LogP contribution is -2.37. The van der Waals surface area contributed by atoms with Crippen molar-refractivity contribution >= 4 is 11.9 Å². The van der Waals surface area contributed by atoms with Crippen molar-refractivity contribution in [2.24, 2.45) is 5.73 Å². The number of aliphatic hydroxyl groups excluding tert-OH is 1. The van der Waals surface area contributed by atoms with Gasteiger partial charge in [-0.05, 0) is 11.1 Å². The lowest BCUT2D eigenvalue weighted by molar-refractivity contribution is -0.136. The van der Waals surface area contributed by atoms with E-state index in [1.54, 1.807) is 24.3 Å². The average molecular weight is 252 g/mol. The average Bonchev–Trinajstić information content (AvgIpc) is 2.30. The first-order chi connectivity index (χ1) is 8.50. The van der Waals surface area contributed by atoms with Gasteiger partial charge in [-0.25, -0.2) is 0 Å². The molecule has 0 spiro atoms. The lowest BCUT2D eigenvalue weighted by atomic mass is 10.0. The normalized spacial score (nSPS) is 12.1. The summed E-state index contributed by atoms with van der Waals surface area (Å²) >= 11 is 0. The summed E-state index contributed by atoms with van der Waals surface area (Å²) in [5.74, 6) is -1.69. The monoisotopic (exact) mass is 252 g/mol. The maximum absolute atomic E-state index is 10.7. The number of amides is 1. The molecule has 0 radical (unpaired) electrons. The Balaban J connectivity index is 2.56. The Labute approximate surface area is 104 Å². The van der Waals surface area contributed by atoms with Crippen molar-refractivity contribution in [1.82, 2.24) is 5.32 Å². The minimum absolute atomic E-state index is 0.0384. The van der Waals surface area contributed by atoms with E-state index in [2.05, 4.69) is 5.32 Å². The van der Waals surface area contributed by atoms with Crippen LogP contribution in [0.4, 0.5) is 0 Å². The number of aliphatic hydroxyl groups is 1. The second-order valence-corrected chi connectivity index (χ2v) is 3.89. The van der Waals surface area contributed by atoms with Crippen LogP contribution in [-0.4, -0.2) is 34.7 Å². The Morgan fingerprint density at radius 2 is 1.89 bits per heavy atom. The number of carbonyl (C=O) groups is 2. The highest BCUT2D eigenvalue weighted by Crippen LogP contribution is 2.09. The van der Waals surface area contributed by atoms with Gasteiger partial charge in [-0.1, -0.05) is 24.3 Å². The highest BCUT2D eigenvalue weighted by molar-refractivity contribution is 5.78. The van der Waals surface area contributed by atoms with Gasteiger partial charge in [-0.3, -0.25) is 9.59 Å². The fourth-order valence-corrected chi connectivity index (χ4v) is 1.51. The van der Waals surface area contributed by atoms with E-state index >= 15 is 0 Å². The largest absolute Gasteiger partial charge is 0.481 e. The lowest BCUT2D eigenvalue weighted by Gasteiger charge is -2.11. The van der Waals surface area contributed by atoms with Crippen LogP contribution in [0.3, 0.4) is 0 Å². The molecule has 1 unspecified atom stereocenters. The second kappa shape index (κ2) is 6.73. The quantitative estimate of drug-likeness (QED) is 0.510. The van der Waals surface area contributed by atoms with Crippen molar-refractivity contribution in [1.29, 1.82) is 0 Å². The third-order valence-electron chi connectivity index (χ3n) is 2.44. The van der Waals surface area contributed by atoms with Gasteiger partial charge in [0.15, 0.2) is 0 Å². The van der Waals surface area contributed by atoms with Crippen molar-refractivity contribution in [3.8, 4) is 0 Å². The summed E-state index contributed by atoms with van der Waals surface area (Å²) in [6.07, 6.45) is -1.30. The number of nitrogens with two attached hydrogens (primary N) is 1. The van der Waals surface area contributed by atoms with Crippen LogP contribution in [0.5, 0.6) is 0 Å². The minimum Gasteiger partial charge on any atom is -0.481 e. The molecule has 1 rings (SSSR count). The molecule has 98 valence electrons. The number of hydrogen-bond donors (Lipinski definition) is 4. The van der Waals surface area contributed by atoms with Crippen molar-refractivity contribution in [2.45, 2.75) is 19.1 Å². The first kappa shape index (κ1) is 14.1. The molecule has 18 heavy (non-hydrogen) atoms. The summed E-state index contributed by atoms with van der Waals surface area (Å²) < 4.78 is 0. The maximum Gasteiger partial charge on any atom is 0.307 e. The van der Waals surface area contributed by atoms with Crippen molar-refractivity contribution in [3.05, 3.63) is 35.4 Å². The summed E-state index contributed by atoms with van der Waals surface area (Å²) in [6.45, 7) is 0.407. The van der Waals surface area contributed by atoms with E-state index in [1.807, 2.05) is 0 Å². The molecule has 0 aromatic heterocycles. The van der Waals surface area contributed by atoms with E-state index in [-0.39, 0.29) is 13.0 Å². The van der Waals surface area contributed by atoms with Gasteiger partial charge in [0.2, 0.25) is 5.91 Å². The van der Waals surface area contributed by atoms with E-state index in [4.69, 9.17) is 10.8 Å². The predicted molar refractivity (Wildman–Crippen MR) is 64.7 cm³/mol. The molecular weight excluding hydrogens is 236 g/mol. The number of benzene rings is 1. The summed E-state index contributed by atoms with van der Waals surface area (Å²) in [4.78, 5) is 21.3. The zero-order chi connectivity index (χ0) is 13.5. The van der Waals surface area contributed by atoms with Gasteiger partial charge in [-0.15, -0.1) is 0 Å². The number of carboxylic acid groups (broad SMARTS) is 1. The van der Waals surface area contributed by atoms with Crippen LogP contribution in [0.2, 0.25) is 0 Å². The smallest absolute Gasteiger partial charge is 0.307 e. The number of primary amides is 1. The Morgan fingerprint density at radius 3 is 2.44 bits per heavy atom. The van der Waals surface area contributed by atoms with Gasteiger partial charge >= 0.3 is 5.97 Å². The summed E-state index contributed by atoms with van der Waals surface area (Å²) in [7, 11) is 0. The Kier molecular flexibility index (Phi) is 5.29. The second-order valence-electron chi connectivity index (χ2n) is 3.89. The van der Waals surface area contributed by atoms with Crippen LogP contribution in [0.1, 0.15) is 11.1 Å². The highest BCUT2D eigenvalue weighted by Gasteiger charge is 2.10. The fourth-order valence-electron chi connectivity index (χ4n) is 1.51. The third kappa shape index (κ3) is 4.52. The summed E-state index contributed by atoms with van der Waals surface area (Å²) in [6, 6.07) is 7.09. The van der Waals surface area contributed by atoms with Crippen LogP contribution in [0, 0.1) is 0 Å². The van der Waals surface area contributed by atoms with Gasteiger partial charge in [0.05, 0.1) is 6.42 Å². The molecule has 5 N–H and O–H groups in total. The Hall–Kier alpha value is -1.92. The van der Waals surface area contributed by atoms with Gasteiger partial charge in [0.1, 0.15) is 6.10 Å². The molecule has 0 saturated heterocycles. The SMILES string of the molecule is NC(=O)C(O)CNCc1ccccc1CC(=O)O. The van der Waals surface area contributed by atoms with Crippen LogP contribution in [0.25, 0.3) is 0 Å². The van der Waals surface area contributed by atoms with E-state index in [9.17, 15) is 14.7 Å². The van der Waals surface area contributed by atoms with Crippen LogP contribution in [0.15, 0.2) is 24.3 Å². The minimum atomic E-state index is -1.24. The number of nitrogens with one attached hydrogen (secondary N) is 1. The van der Waals surface area contributed by atoms with E-state index < -0.39 is 18.0 Å². The van der Waals surface area contributed by atoms with Crippen molar-refractivity contribution in [2.75, 3.05) is 6.54 Å². The maximum atomic E-state index is 10.7. The zero-order valence-corrected chi connectivity index (χ0v) is 9.80. The number of aliphatic carboxylic acids is 1. The molecule has 6 heteroatoms. The molecule has 1 aromatic rings. The number of rotatable bonds is 7. The standard InChI is InChI=1S/C12H16N2O4/c13-12(18)10(15)7-14-6-9-4-2-1-3-8(9)5-11(16)17/h1-4,10,14-15H,5-7H2,(H2,13,18)(H,16,17). The topological polar surface area (TPSA) is 113 Å². The van der Waals surface area contributed by atoms with Gasteiger partial charge in [0.25, 0.3) is 0 Å². The molecule has 1 amide bonds. The van der Waals surface area contributed by atoms with E-state index in [0.29, 0.717) is 12.1 Å². The predicted octanol–water partition coefficient (Wildman–Crippen LogP) is -0.750. The van der Waals surface area contributed by atoms with Crippen LogP contribution in [-0.2, 0) is 22.6 Å². The molecular formula is C12H16N2O4. The Bertz CT molecular complexity index is 434. The molecule has 0 bridgehead atoms. The molecule has 0 aliphatic rings. The summed E-state index contributed by atoms with van der Waals surface area (Å²) in [5.41, 5.74) is 6.42. The number of hydrogen-bond acceptors (Lipinski definition) is 4. The molecule has 0 aliphatic heterocycles. The van der Waals surface area contributed by atoms with Crippen molar-refractivity contribution < 1.29 is 19.8 Å². The zero-order valence-electron chi connectivity index (χ0n) is 9.80. The van der Waals surface area contributed by atoms with E-state index in [0.717, 1.165) is 5.56 Å². The first-order valence-corrected chi connectivity index (χ1v) is 5.47. The molecule has 1 atom stereocenters. The van der Waals surface area contributed by atoms with Crippen LogP contribution < -0.4 is 11.1 Å². The molecule has 0 aliphatic carbocycles. The molecule has 1 aromatic carbocycles. The highest BCUT2D eigenvalue weighted by atomic mass is 16.4. The molecule has 0 saturated carbocycles. The molecule has 0 fully saturated rings. The fraction of sp³-hybridized carbons (Fsp3) is 0.333. The van der Waals surface area contributed by atoms with E-state index in [1.165, 1.54) is 0 Å². The first-order valence-electron chi connectivity index (χ1n) is 5.47. The number of carboxylic acids is 1. The van der Waals surface area contributed by atoms with Gasteiger partial charge in [-0.2, -0.15) is 0 Å². The van der Waals surface area contributed by atoms with Crippen molar-refractivity contribution in [3.63, 3.8) is 0 Å². The van der Waals surface area contributed by atoms with Gasteiger partial charge in [0, 0.05) is 13.1 Å². The van der Waals surface area contributed by atoms with Crippen LogP contribution >= 0.6 is 0 Å². The van der Waals surface area contributed by atoms with Gasteiger partial charge < -0.3 is 21.3 Å². The molecule has 6 nitrogen and oxygen atoms in total.